The molecule has 0 radical (unpaired) electrons. The summed E-state index contributed by atoms with van der Waals surface area (Å²) >= 11 is 5.62. The third-order valence-electron chi connectivity index (χ3n) is 2.65. The Bertz CT molecular complexity index is 839. The van der Waals surface area contributed by atoms with Crippen LogP contribution in [0.3, 0.4) is 0 Å². The summed E-state index contributed by atoms with van der Waals surface area (Å²) < 4.78 is 42.2. The fourth-order valence-electron chi connectivity index (χ4n) is 1.59. The van der Waals surface area contributed by atoms with Crippen LogP contribution in [0.15, 0.2) is 52.1 Å². The van der Waals surface area contributed by atoms with Gasteiger partial charge in [-0.05, 0) is 30.3 Å². The highest BCUT2D eigenvalue weighted by molar-refractivity contribution is 7.94. The molecule has 0 aliphatic heterocycles. The molecule has 1 heterocycles. The molecule has 1 N–H and O–H groups in total. The molecule has 5 nitrogen and oxygen atoms in total. The second-order valence-corrected chi connectivity index (χ2v) is 6.60. The second-order valence-electron chi connectivity index (χ2n) is 4.23. The zero-order valence-corrected chi connectivity index (χ0v) is 12.7. The standard InChI is InChI=1S/C14H10ClFN2O3S/c15-13-6-10(3-4-14(13)16)18-8-12(7-17)22(19,20)9-11-2-1-5-21-11/h1-6,8,18H,9H2. The highest BCUT2D eigenvalue weighted by Crippen LogP contribution is 2.20. The number of furan rings is 1. The highest BCUT2D eigenvalue weighted by atomic mass is 35.5. The van der Waals surface area contributed by atoms with Crippen molar-refractivity contribution in [1.29, 1.82) is 5.26 Å². The summed E-state index contributed by atoms with van der Waals surface area (Å²) in [5.74, 6) is -0.793. The number of halogens is 2. The fraction of sp³-hybridized carbons (Fsp3) is 0.0714. The Morgan fingerprint density at radius 1 is 1.45 bits per heavy atom. The zero-order valence-electron chi connectivity index (χ0n) is 11.1. The van der Waals surface area contributed by atoms with Crippen LogP contribution in [-0.4, -0.2) is 8.42 Å². The Hall–Kier alpha value is -2.30. The highest BCUT2D eigenvalue weighted by Gasteiger charge is 2.20. The molecular weight excluding hydrogens is 331 g/mol. The van der Waals surface area contributed by atoms with Crippen molar-refractivity contribution in [2.75, 3.05) is 5.32 Å². The quantitative estimate of drug-likeness (QED) is 0.843. The maximum absolute atomic E-state index is 13.0. The van der Waals surface area contributed by atoms with Gasteiger partial charge >= 0.3 is 0 Å². The first kappa shape index (κ1) is 16.1. The molecule has 8 heteroatoms. The lowest BCUT2D eigenvalue weighted by Crippen LogP contribution is -2.07. The second kappa shape index (κ2) is 6.64. The number of sulfone groups is 1. The molecular formula is C14H10ClFN2O3S. The molecule has 0 bridgehead atoms. The molecule has 0 saturated carbocycles. The molecule has 0 fully saturated rings. The van der Waals surface area contributed by atoms with Crippen molar-refractivity contribution in [2.24, 2.45) is 0 Å². The van der Waals surface area contributed by atoms with Crippen LogP contribution in [-0.2, 0) is 15.6 Å². The molecule has 0 aliphatic rings. The van der Waals surface area contributed by atoms with E-state index in [0.29, 0.717) is 5.69 Å². The minimum atomic E-state index is -3.85. The molecule has 0 atom stereocenters. The van der Waals surface area contributed by atoms with Gasteiger partial charge in [-0.2, -0.15) is 5.26 Å². The summed E-state index contributed by atoms with van der Waals surface area (Å²) in [6.45, 7) is 0. The van der Waals surface area contributed by atoms with E-state index in [9.17, 15) is 12.8 Å². The zero-order chi connectivity index (χ0) is 16.2. The van der Waals surface area contributed by atoms with Gasteiger partial charge in [0.25, 0.3) is 0 Å². The molecule has 0 aliphatic carbocycles. The Balaban J connectivity index is 2.20. The largest absolute Gasteiger partial charge is 0.468 e. The van der Waals surface area contributed by atoms with E-state index >= 15 is 0 Å². The number of nitriles is 1. The average molecular weight is 341 g/mol. The lowest BCUT2D eigenvalue weighted by Gasteiger charge is -2.04. The van der Waals surface area contributed by atoms with Crippen molar-refractivity contribution >= 4 is 27.1 Å². The average Bonchev–Trinajstić information content (AvgIpc) is 2.95. The monoisotopic (exact) mass is 340 g/mol. The number of benzene rings is 1. The molecule has 0 amide bonds. The first-order chi connectivity index (χ1) is 10.4. The fourth-order valence-corrected chi connectivity index (χ4v) is 2.84. The van der Waals surface area contributed by atoms with Crippen molar-refractivity contribution in [3.05, 3.63) is 64.3 Å². The van der Waals surface area contributed by atoms with Crippen LogP contribution >= 0.6 is 11.6 Å². The first-order valence-corrected chi connectivity index (χ1v) is 8.02. The summed E-state index contributed by atoms with van der Waals surface area (Å²) in [5.41, 5.74) is 0.354. The van der Waals surface area contributed by atoms with E-state index in [-0.39, 0.29) is 10.8 Å². The summed E-state index contributed by atoms with van der Waals surface area (Å²) in [6, 6.07) is 8.44. The predicted molar refractivity (Wildman–Crippen MR) is 80.1 cm³/mol. The van der Waals surface area contributed by atoms with Crippen molar-refractivity contribution < 1.29 is 17.2 Å². The van der Waals surface area contributed by atoms with Gasteiger partial charge in [-0.25, -0.2) is 12.8 Å². The molecule has 0 spiro atoms. The molecule has 1 aromatic heterocycles. The third-order valence-corrected chi connectivity index (χ3v) is 4.48. The van der Waals surface area contributed by atoms with Gasteiger partial charge in [-0.1, -0.05) is 11.6 Å². The first-order valence-electron chi connectivity index (χ1n) is 5.99. The Labute approximate surface area is 131 Å². The van der Waals surface area contributed by atoms with E-state index in [1.54, 1.807) is 12.1 Å². The maximum atomic E-state index is 13.0. The Morgan fingerprint density at radius 3 is 2.82 bits per heavy atom. The number of rotatable bonds is 5. The summed E-state index contributed by atoms with van der Waals surface area (Å²) in [5, 5.41) is 11.5. The van der Waals surface area contributed by atoms with Crippen LogP contribution in [0.1, 0.15) is 5.76 Å². The van der Waals surface area contributed by atoms with E-state index in [0.717, 1.165) is 12.3 Å². The van der Waals surface area contributed by atoms with Crippen LogP contribution < -0.4 is 5.32 Å². The van der Waals surface area contributed by atoms with E-state index in [4.69, 9.17) is 21.3 Å². The van der Waals surface area contributed by atoms with Crippen molar-refractivity contribution in [2.45, 2.75) is 5.75 Å². The Morgan fingerprint density at radius 2 is 2.23 bits per heavy atom. The molecule has 2 rings (SSSR count). The van der Waals surface area contributed by atoms with E-state index in [1.165, 1.54) is 24.5 Å². The normalized spacial score (nSPS) is 12.0. The van der Waals surface area contributed by atoms with Crippen LogP contribution in [0, 0.1) is 17.1 Å². The van der Waals surface area contributed by atoms with Gasteiger partial charge in [0.15, 0.2) is 14.7 Å². The van der Waals surface area contributed by atoms with Gasteiger partial charge in [0.05, 0.1) is 11.3 Å². The summed E-state index contributed by atoms with van der Waals surface area (Å²) in [6.07, 6.45) is 2.38. The smallest absolute Gasteiger partial charge is 0.197 e. The topological polar surface area (TPSA) is 83.1 Å². The van der Waals surface area contributed by atoms with Gasteiger partial charge in [0.2, 0.25) is 0 Å². The number of anilines is 1. The van der Waals surface area contributed by atoms with Crippen LogP contribution in [0.25, 0.3) is 0 Å². The van der Waals surface area contributed by atoms with E-state index < -0.39 is 26.3 Å². The molecule has 1 aromatic carbocycles. The minimum Gasteiger partial charge on any atom is -0.468 e. The minimum absolute atomic E-state index is 0.115. The third kappa shape index (κ3) is 3.87. The number of hydrogen-bond acceptors (Lipinski definition) is 5. The van der Waals surface area contributed by atoms with Crippen molar-refractivity contribution in [3.8, 4) is 6.07 Å². The lowest BCUT2D eigenvalue weighted by molar-refractivity contribution is 0.522. The molecule has 2 aromatic rings. The van der Waals surface area contributed by atoms with Crippen LogP contribution in [0.2, 0.25) is 5.02 Å². The number of nitrogens with zero attached hydrogens (tertiary/aromatic N) is 1. The van der Waals surface area contributed by atoms with Gasteiger partial charge < -0.3 is 9.73 Å². The summed E-state index contributed by atoms with van der Waals surface area (Å²) in [7, 11) is -3.85. The maximum Gasteiger partial charge on any atom is 0.197 e. The van der Waals surface area contributed by atoms with Crippen LogP contribution in [0.4, 0.5) is 10.1 Å². The van der Waals surface area contributed by atoms with Gasteiger partial charge in [0.1, 0.15) is 23.4 Å². The van der Waals surface area contributed by atoms with Gasteiger partial charge in [0, 0.05) is 11.9 Å². The molecule has 114 valence electrons. The van der Waals surface area contributed by atoms with E-state index in [1.807, 2.05) is 0 Å². The van der Waals surface area contributed by atoms with Crippen molar-refractivity contribution in [3.63, 3.8) is 0 Å². The Kier molecular flexibility index (Phi) is 4.85. The van der Waals surface area contributed by atoms with Gasteiger partial charge in [-0.3, -0.25) is 0 Å². The number of nitrogens with one attached hydrogen (secondary N) is 1. The molecule has 22 heavy (non-hydrogen) atoms. The van der Waals surface area contributed by atoms with Crippen molar-refractivity contribution in [1.82, 2.24) is 0 Å². The van der Waals surface area contributed by atoms with Crippen LogP contribution in [0.5, 0.6) is 0 Å². The van der Waals surface area contributed by atoms with E-state index in [2.05, 4.69) is 5.32 Å². The molecule has 0 saturated heterocycles. The predicted octanol–water partition coefficient (Wildman–Crippen LogP) is 3.46. The SMILES string of the molecule is N#CC(=CNc1ccc(F)c(Cl)c1)S(=O)(=O)Cc1ccco1. The lowest BCUT2D eigenvalue weighted by atomic mass is 10.3. The number of allylic oxidation sites excluding steroid dienone is 1. The summed E-state index contributed by atoms with van der Waals surface area (Å²) in [4.78, 5) is -0.468. The van der Waals surface area contributed by atoms with Gasteiger partial charge in [-0.15, -0.1) is 0 Å². The molecule has 0 unspecified atom stereocenters. The number of hydrogen-bond donors (Lipinski definition) is 1.